The summed E-state index contributed by atoms with van der Waals surface area (Å²) in [5.74, 6) is 0.842. The zero-order valence-electron chi connectivity index (χ0n) is 22.9. The maximum Gasteiger partial charge on any atom is 0.119 e. The minimum Gasteiger partial charge on any atom is -0.497 e. The van der Waals surface area contributed by atoms with Gasteiger partial charge in [0.25, 0.3) is 0 Å². The van der Waals surface area contributed by atoms with Gasteiger partial charge in [-0.1, -0.05) is 97.1 Å². The highest BCUT2D eigenvalue weighted by Gasteiger charge is 2.15. The molecular formula is C39H29NO. The molecule has 0 heterocycles. The second kappa shape index (κ2) is 10.7. The lowest BCUT2D eigenvalue weighted by Crippen LogP contribution is -2.10. The van der Waals surface area contributed by atoms with Crippen LogP contribution in [0.15, 0.2) is 146 Å². The first-order chi connectivity index (χ1) is 20.2. The predicted octanol–water partition coefficient (Wildman–Crippen LogP) is 10.8. The summed E-state index contributed by atoms with van der Waals surface area (Å²) >= 11 is 0. The van der Waals surface area contributed by atoms with Gasteiger partial charge in [0.2, 0.25) is 0 Å². The van der Waals surface area contributed by atoms with E-state index in [0.717, 1.165) is 28.4 Å². The molecule has 0 aromatic heterocycles. The van der Waals surface area contributed by atoms with E-state index in [4.69, 9.17) is 4.74 Å². The lowest BCUT2D eigenvalue weighted by Gasteiger charge is -2.27. The van der Waals surface area contributed by atoms with E-state index < -0.39 is 0 Å². The summed E-state index contributed by atoms with van der Waals surface area (Å²) in [6, 6.07) is 51.7. The molecule has 41 heavy (non-hydrogen) atoms. The molecule has 2 nitrogen and oxygen atoms in total. The number of benzene rings is 7. The van der Waals surface area contributed by atoms with Gasteiger partial charge in [0.05, 0.1) is 12.8 Å². The van der Waals surface area contributed by atoms with Crippen LogP contribution in [0, 0.1) is 0 Å². The molecule has 0 bridgehead atoms. The largest absolute Gasteiger partial charge is 0.497 e. The van der Waals surface area contributed by atoms with Crippen molar-refractivity contribution in [2.45, 2.75) is 0 Å². The van der Waals surface area contributed by atoms with Crippen LogP contribution < -0.4 is 9.64 Å². The standard InChI is InChI=1S/C39H29NO/c1-41-37-23-21-36(22-24-37)40(39-12-6-10-30-7-4-5-11-38(30)39)35-19-16-28(17-20-35)13-14-29-15-18-33-26-31-8-2-3-9-32(31)27-34(33)25-29/h2-27H,1H3. The highest BCUT2D eigenvalue weighted by molar-refractivity contribution is 6.00. The van der Waals surface area contributed by atoms with E-state index in [1.807, 2.05) is 12.1 Å². The highest BCUT2D eigenvalue weighted by Crippen LogP contribution is 2.39. The molecule has 196 valence electrons. The van der Waals surface area contributed by atoms with Gasteiger partial charge in [-0.3, -0.25) is 0 Å². The molecule has 0 aliphatic rings. The number of fused-ring (bicyclic) bond motifs is 3. The fourth-order valence-corrected chi connectivity index (χ4v) is 5.55. The molecule has 0 fully saturated rings. The van der Waals surface area contributed by atoms with Crippen molar-refractivity contribution in [3.05, 3.63) is 157 Å². The topological polar surface area (TPSA) is 12.5 Å². The Hall–Kier alpha value is -5.34. The quantitative estimate of drug-likeness (QED) is 0.157. The van der Waals surface area contributed by atoms with Gasteiger partial charge in [0.15, 0.2) is 0 Å². The number of hydrogen-bond donors (Lipinski definition) is 0. The second-order valence-electron chi connectivity index (χ2n) is 10.3. The summed E-state index contributed by atoms with van der Waals surface area (Å²) in [6.45, 7) is 0. The van der Waals surface area contributed by atoms with Crippen LogP contribution in [0.2, 0.25) is 0 Å². The maximum absolute atomic E-state index is 5.43. The first kappa shape index (κ1) is 24.7. The number of methoxy groups -OCH3 is 1. The lowest BCUT2D eigenvalue weighted by atomic mass is 10.0. The van der Waals surface area contributed by atoms with Crippen molar-refractivity contribution in [3.63, 3.8) is 0 Å². The minimum absolute atomic E-state index is 0.842. The van der Waals surface area contributed by atoms with Crippen LogP contribution in [0.25, 0.3) is 44.5 Å². The van der Waals surface area contributed by atoms with E-state index in [2.05, 4.69) is 151 Å². The van der Waals surface area contributed by atoms with Gasteiger partial charge >= 0.3 is 0 Å². The van der Waals surface area contributed by atoms with Crippen LogP contribution in [-0.2, 0) is 0 Å². The molecular weight excluding hydrogens is 498 g/mol. The number of anilines is 3. The summed E-state index contributed by atoms with van der Waals surface area (Å²) in [4.78, 5) is 2.31. The molecule has 0 saturated carbocycles. The predicted molar refractivity (Wildman–Crippen MR) is 176 cm³/mol. The summed E-state index contributed by atoms with van der Waals surface area (Å²) in [5, 5.41) is 7.48. The summed E-state index contributed by atoms with van der Waals surface area (Å²) < 4.78 is 5.43. The second-order valence-corrected chi connectivity index (χ2v) is 10.3. The van der Waals surface area contributed by atoms with Gasteiger partial charge in [0.1, 0.15) is 5.75 Å². The van der Waals surface area contributed by atoms with Crippen LogP contribution in [0.1, 0.15) is 11.1 Å². The Kier molecular flexibility index (Phi) is 6.42. The highest BCUT2D eigenvalue weighted by atomic mass is 16.5. The molecule has 7 rings (SSSR count). The van der Waals surface area contributed by atoms with Crippen molar-refractivity contribution in [2.24, 2.45) is 0 Å². The third-order valence-electron chi connectivity index (χ3n) is 7.69. The van der Waals surface area contributed by atoms with Crippen LogP contribution in [0.3, 0.4) is 0 Å². The van der Waals surface area contributed by atoms with E-state index >= 15 is 0 Å². The Morgan fingerprint density at radius 2 is 1.02 bits per heavy atom. The number of ether oxygens (including phenoxy) is 1. The molecule has 7 aromatic rings. The van der Waals surface area contributed by atoms with Crippen molar-refractivity contribution in [1.82, 2.24) is 0 Å². The SMILES string of the molecule is COc1ccc(N(c2ccc(C=Cc3ccc4cc5ccccc5cc4c3)cc2)c2cccc3ccccc23)cc1. The molecule has 2 heteroatoms. The Bertz CT molecular complexity index is 2020. The molecule has 0 aliphatic carbocycles. The monoisotopic (exact) mass is 527 g/mol. The van der Waals surface area contributed by atoms with Gasteiger partial charge < -0.3 is 9.64 Å². The van der Waals surface area contributed by atoms with Crippen molar-refractivity contribution in [1.29, 1.82) is 0 Å². The van der Waals surface area contributed by atoms with Crippen LogP contribution in [-0.4, -0.2) is 7.11 Å². The van der Waals surface area contributed by atoms with Crippen LogP contribution >= 0.6 is 0 Å². The van der Waals surface area contributed by atoms with E-state index in [9.17, 15) is 0 Å². The molecule has 7 aromatic carbocycles. The summed E-state index contributed by atoms with van der Waals surface area (Å²) in [5.41, 5.74) is 5.66. The van der Waals surface area contributed by atoms with Crippen molar-refractivity contribution in [2.75, 3.05) is 12.0 Å². The van der Waals surface area contributed by atoms with Crippen molar-refractivity contribution >= 4 is 61.5 Å². The first-order valence-electron chi connectivity index (χ1n) is 13.9. The average molecular weight is 528 g/mol. The zero-order chi connectivity index (χ0) is 27.6. The van der Waals surface area contributed by atoms with Crippen molar-refractivity contribution in [3.8, 4) is 5.75 Å². The molecule has 0 spiro atoms. The average Bonchev–Trinajstić information content (AvgIpc) is 3.04. The Balaban J connectivity index is 1.22. The van der Waals surface area contributed by atoms with Crippen molar-refractivity contribution < 1.29 is 4.74 Å². The molecule has 0 N–H and O–H groups in total. The Labute approximate surface area is 240 Å². The third-order valence-corrected chi connectivity index (χ3v) is 7.69. The first-order valence-corrected chi connectivity index (χ1v) is 13.9. The van der Waals surface area contributed by atoms with E-state index in [0.29, 0.717) is 0 Å². The normalized spacial score (nSPS) is 11.4. The lowest BCUT2D eigenvalue weighted by molar-refractivity contribution is 0.415. The molecule has 0 aliphatic heterocycles. The molecule has 0 atom stereocenters. The van der Waals surface area contributed by atoms with Gasteiger partial charge in [-0.25, -0.2) is 0 Å². The zero-order valence-corrected chi connectivity index (χ0v) is 22.9. The maximum atomic E-state index is 5.43. The molecule has 0 radical (unpaired) electrons. The number of nitrogens with zero attached hydrogens (tertiary/aromatic N) is 1. The Morgan fingerprint density at radius 1 is 0.463 bits per heavy atom. The fraction of sp³-hybridized carbons (Fsp3) is 0.0256. The molecule has 0 amide bonds. The fourth-order valence-electron chi connectivity index (χ4n) is 5.55. The van der Waals surface area contributed by atoms with Crippen LogP contribution in [0.5, 0.6) is 5.75 Å². The number of rotatable bonds is 6. The Morgan fingerprint density at radius 3 is 1.76 bits per heavy atom. The van der Waals surface area contributed by atoms with E-state index in [-0.39, 0.29) is 0 Å². The smallest absolute Gasteiger partial charge is 0.119 e. The minimum atomic E-state index is 0.842. The number of hydrogen-bond acceptors (Lipinski definition) is 2. The summed E-state index contributed by atoms with van der Waals surface area (Å²) in [7, 11) is 1.70. The molecule has 0 unspecified atom stereocenters. The van der Waals surface area contributed by atoms with Crippen LogP contribution in [0.4, 0.5) is 17.1 Å². The van der Waals surface area contributed by atoms with Gasteiger partial charge in [-0.15, -0.1) is 0 Å². The third kappa shape index (κ3) is 4.92. The van der Waals surface area contributed by atoms with Gasteiger partial charge in [-0.05, 0) is 98.7 Å². The molecule has 0 saturated heterocycles. The van der Waals surface area contributed by atoms with E-state index in [1.54, 1.807) is 7.11 Å². The van der Waals surface area contributed by atoms with Gasteiger partial charge in [-0.2, -0.15) is 0 Å². The summed E-state index contributed by atoms with van der Waals surface area (Å²) in [6.07, 6.45) is 4.37. The van der Waals surface area contributed by atoms with Gasteiger partial charge in [0, 0.05) is 16.8 Å². The van der Waals surface area contributed by atoms with E-state index in [1.165, 1.54) is 37.9 Å².